The molecule has 1 aliphatic heterocycles. The molecule has 4 rings (SSSR count). The molecular weight excluding hydrogens is 434 g/mol. The van der Waals surface area contributed by atoms with Crippen LogP contribution in [0.15, 0.2) is 91.3 Å². The van der Waals surface area contributed by atoms with Crippen molar-refractivity contribution in [1.29, 1.82) is 0 Å². The van der Waals surface area contributed by atoms with Gasteiger partial charge in [-0.1, -0.05) is 66.7 Å². The summed E-state index contributed by atoms with van der Waals surface area (Å²) in [5, 5.41) is 13.4. The number of carbonyl (C=O) groups excluding carboxylic acids is 1. The van der Waals surface area contributed by atoms with Crippen LogP contribution in [0.3, 0.4) is 0 Å². The highest BCUT2D eigenvalue weighted by atomic mass is 16.3. The lowest BCUT2D eigenvalue weighted by atomic mass is 9.76. The molecule has 1 amide bonds. The Bertz CT molecular complexity index is 1010. The van der Waals surface area contributed by atoms with Gasteiger partial charge in [0.1, 0.15) is 0 Å². The number of aliphatic hydroxyl groups is 1. The van der Waals surface area contributed by atoms with Crippen molar-refractivity contribution < 1.29 is 9.90 Å². The summed E-state index contributed by atoms with van der Waals surface area (Å²) in [6.45, 7) is 3.07. The van der Waals surface area contributed by atoms with E-state index < -0.39 is 6.10 Å². The van der Waals surface area contributed by atoms with Gasteiger partial charge >= 0.3 is 0 Å². The standard InChI is InChI=1S/C30H35N3O2/c34-28(15-19-32-29(35)14-13-24-8-7-18-31-22-24)23-33-20-16-27(17-21-33)30(25-9-3-1-4-10-25)26-11-5-2-6-12-26/h1-14,18,22,27-28,30,34H,15-17,19-21,23H2,(H,32,35). The van der Waals surface area contributed by atoms with Crippen molar-refractivity contribution in [1.82, 2.24) is 15.2 Å². The molecule has 35 heavy (non-hydrogen) atoms. The minimum atomic E-state index is -0.451. The van der Waals surface area contributed by atoms with Crippen molar-refractivity contribution in [3.05, 3.63) is 108 Å². The average molecular weight is 470 g/mol. The van der Waals surface area contributed by atoms with Gasteiger partial charge in [0.15, 0.2) is 0 Å². The van der Waals surface area contributed by atoms with E-state index in [9.17, 15) is 9.90 Å². The first-order valence-electron chi connectivity index (χ1n) is 12.6. The number of piperidine rings is 1. The molecule has 0 saturated carbocycles. The minimum absolute atomic E-state index is 0.158. The number of aromatic nitrogens is 1. The van der Waals surface area contributed by atoms with E-state index in [1.54, 1.807) is 18.5 Å². The largest absolute Gasteiger partial charge is 0.392 e. The quantitative estimate of drug-likeness (QED) is 0.429. The Morgan fingerprint density at radius 3 is 2.26 bits per heavy atom. The molecule has 1 aliphatic rings. The maximum Gasteiger partial charge on any atom is 0.244 e. The maximum atomic E-state index is 12.0. The first-order valence-corrected chi connectivity index (χ1v) is 12.6. The van der Waals surface area contributed by atoms with E-state index in [0.717, 1.165) is 31.5 Å². The number of nitrogens with zero attached hydrogens (tertiary/aromatic N) is 2. The SMILES string of the molecule is O=C(C=Cc1cccnc1)NCCC(O)CN1CCC(C(c2ccccc2)c2ccccc2)CC1. The maximum absolute atomic E-state index is 12.0. The number of amides is 1. The Morgan fingerprint density at radius 2 is 1.66 bits per heavy atom. The third-order valence-corrected chi connectivity index (χ3v) is 6.78. The summed E-state index contributed by atoms with van der Waals surface area (Å²) in [6.07, 6.45) is 8.96. The van der Waals surface area contributed by atoms with Crippen molar-refractivity contribution in [2.24, 2.45) is 5.92 Å². The van der Waals surface area contributed by atoms with Gasteiger partial charge in [-0.05, 0) is 67.1 Å². The summed E-state index contributed by atoms with van der Waals surface area (Å²) in [6, 6.07) is 25.4. The Labute approximate surface area is 208 Å². The summed E-state index contributed by atoms with van der Waals surface area (Å²) >= 11 is 0. The van der Waals surface area contributed by atoms with Gasteiger partial charge < -0.3 is 15.3 Å². The van der Waals surface area contributed by atoms with Crippen LogP contribution in [0.4, 0.5) is 0 Å². The third kappa shape index (κ3) is 7.61. The lowest BCUT2D eigenvalue weighted by Gasteiger charge is -2.37. The number of carbonyl (C=O) groups is 1. The van der Waals surface area contributed by atoms with Crippen molar-refractivity contribution in [2.75, 3.05) is 26.2 Å². The van der Waals surface area contributed by atoms with E-state index in [-0.39, 0.29) is 5.91 Å². The summed E-state index contributed by atoms with van der Waals surface area (Å²) in [4.78, 5) is 18.4. The second kappa shape index (κ2) is 13.0. The molecular formula is C30H35N3O2. The Morgan fingerprint density at radius 1 is 1.00 bits per heavy atom. The van der Waals surface area contributed by atoms with Crippen LogP contribution < -0.4 is 5.32 Å². The second-order valence-corrected chi connectivity index (χ2v) is 9.29. The zero-order valence-electron chi connectivity index (χ0n) is 20.2. The molecule has 1 unspecified atom stereocenters. The van der Waals surface area contributed by atoms with E-state index >= 15 is 0 Å². The average Bonchev–Trinajstić information content (AvgIpc) is 2.90. The molecule has 182 valence electrons. The van der Waals surface area contributed by atoms with Crippen LogP contribution >= 0.6 is 0 Å². The molecule has 1 aromatic heterocycles. The lowest BCUT2D eigenvalue weighted by molar-refractivity contribution is -0.116. The van der Waals surface area contributed by atoms with Crippen LogP contribution in [0.25, 0.3) is 6.08 Å². The number of hydrogen-bond donors (Lipinski definition) is 2. The third-order valence-electron chi connectivity index (χ3n) is 6.78. The summed E-state index contributed by atoms with van der Waals surface area (Å²) < 4.78 is 0. The normalized spacial score (nSPS) is 15.9. The highest BCUT2D eigenvalue weighted by molar-refractivity contribution is 5.91. The van der Waals surface area contributed by atoms with E-state index in [1.807, 2.05) is 12.1 Å². The molecule has 5 nitrogen and oxygen atoms in total. The summed E-state index contributed by atoms with van der Waals surface area (Å²) in [7, 11) is 0. The van der Waals surface area contributed by atoms with Gasteiger partial charge in [0.2, 0.25) is 5.91 Å². The topological polar surface area (TPSA) is 65.5 Å². The van der Waals surface area contributed by atoms with Gasteiger partial charge in [0.25, 0.3) is 0 Å². The summed E-state index contributed by atoms with van der Waals surface area (Å²) in [5.41, 5.74) is 3.64. The summed E-state index contributed by atoms with van der Waals surface area (Å²) in [5.74, 6) is 0.827. The van der Waals surface area contributed by atoms with Crippen molar-refractivity contribution in [2.45, 2.75) is 31.3 Å². The van der Waals surface area contributed by atoms with Crippen molar-refractivity contribution >= 4 is 12.0 Å². The number of rotatable bonds is 10. The predicted octanol–water partition coefficient (Wildman–Crippen LogP) is 4.51. The molecule has 2 heterocycles. The minimum Gasteiger partial charge on any atom is -0.392 e. The molecule has 2 N–H and O–H groups in total. The predicted molar refractivity (Wildman–Crippen MR) is 141 cm³/mol. The van der Waals surface area contributed by atoms with Gasteiger partial charge in [-0.25, -0.2) is 0 Å². The molecule has 3 aromatic rings. The molecule has 0 radical (unpaired) electrons. The number of aliphatic hydroxyl groups excluding tert-OH is 1. The zero-order valence-corrected chi connectivity index (χ0v) is 20.2. The fraction of sp³-hybridized carbons (Fsp3) is 0.333. The Balaban J connectivity index is 1.22. The van der Waals surface area contributed by atoms with Crippen LogP contribution in [-0.2, 0) is 4.79 Å². The Hall–Kier alpha value is -3.28. The monoisotopic (exact) mass is 469 g/mol. The van der Waals surface area contributed by atoms with Crippen molar-refractivity contribution in [3.63, 3.8) is 0 Å². The van der Waals surface area contributed by atoms with E-state index in [2.05, 4.69) is 75.9 Å². The van der Waals surface area contributed by atoms with Gasteiger partial charge in [-0.2, -0.15) is 0 Å². The molecule has 1 saturated heterocycles. The molecule has 0 aliphatic carbocycles. The number of β-amino-alcohol motifs (C(OH)–C–C–N with tert-alkyl or cyclic N) is 1. The van der Waals surface area contributed by atoms with Crippen LogP contribution in [0.2, 0.25) is 0 Å². The molecule has 0 spiro atoms. The van der Waals surface area contributed by atoms with Crippen LogP contribution in [0.5, 0.6) is 0 Å². The fourth-order valence-corrected chi connectivity index (χ4v) is 4.98. The fourth-order valence-electron chi connectivity index (χ4n) is 4.98. The highest BCUT2D eigenvalue weighted by Crippen LogP contribution is 2.37. The van der Waals surface area contributed by atoms with Crippen LogP contribution in [0.1, 0.15) is 41.9 Å². The molecule has 0 bridgehead atoms. The zero-order chi connectivity index (χ0) is 24.3. The van der Waals surface area contributed by atoms with Crippen LogP contribution in [-0.4, -0.2) is 53.2 Å². The number of hydrogen-bond acceptors (Lipinski definition) is 4. The van der Waals surface area contributed by atoms with Crippen LogP contribution in [0, 0.1) is 5.92 Å². The van der Waals surface area contributed by atoms with E-state index in [1.165, 1.54) is 17.2 Å². The van der Waals surface area contributed by atoms with Crippen molar-refractivity contribution in [3.8, 4) is 0 Å². The Kier molecular flexibility index (Phi) is 9.21. The first kappa shape index (κ1) is 24.8. The number of likely N-dealkylation sites (tertiary alicyclic amines) is 1. The smallest absolute Gasteiger partial charge is 0.244 e. The number of benzene rings is 2. The van der Waals surface area contributed by atoms with Gasteiger partial charge in [0, 0.05) is 37.5 Å². The van der Waals surface area contributed by atoms with Gasteiger partial charge in [0.05, 0.1) is 6.10 Å². The molecule has 5 heteroatoms. The second-order valence-electron chi connectivity index (χ2n) is 9.29. The molecule has 2 aromatic carbocycles. The van der Waals surface area contributed by atoms with E-state index in [4.69, 9.17) is 0 Å². The number of nitrogens with one attached hydrogen (secondary N) is 1. The van der Waals surface area contributed by atoms with Gasteiger partial charge in [-0.15, -0.1) is 0 Å². The molecule has 1 atom stereocenters. The first-order chi connectivity index (χ1) is 17.2. The van der Waals surface area contributed by atoms with E-state index in [0.29, 0.717) is 31.3 Å². The lowest BCUT2D eigenvalue weighted by Crippen LogP contribution is -2.41. The highest BCUT2D eigenvalue weighted by Gasteiger charge is 2.29. The van der Waals surface area contributed by atoms with Gasteiger partial charge in [-0.3, -0.25) is 9.78 Å². The molecule has 1 fully saturated rings. The number of pyridine rings is 1.